The summed E-state index contributed by atoms with van der Waals surface area (Å²) in [7, 11) is -3.22. The Morgan fingerprint density at radius 2 is 2.07 bits per heavy atom. The zero-order chi connectivity index (χ0) is 11.3. The van der Waals surface area contributed by atoms with Gasteiger partial charge in [0.25, 0.3) is 0 Å². The molecule has 0 radical (unpaired) electrons. The molecule has 0 saturated carbocycles. The second-order valence-electron chi connectivity index (χ2n) is 3.19. The van der Waals surface area contributed by atoms with Gasteiger partial charge >= 0.3 is 0 Å². The van der Waals surface area contributed by atoms with Gasteiger partial charge in [-0.2, -0.15) is 0 Å². The van der Waals surface area contributed by atoms with Crippen molar-refractivity contribution in [3.8, 4) is 0 Å². The van der Waals surface area contributed by atoms with Crippen molar-refractivity contribution < 1.29 is 8.42 Å². The first-order chi connectivity index (χ1) is 7.10. The summed E-state index contributed by atoms with van der Waals surface area (Å²) in [6.45, 7) is 0.513. The lowest BCUT2D eigenvalue weighted by Gasteiger charge is -2.04. The fourth-order valence-electron chi connectivity index (χ4n) is 1.28. The average molecular weight is 248 g/mol. The van der Waals surface area contributed by atoms with Crippen LogP contribution in [-0.2, 0) is 16.3 Å². The van der Waals surface area contributed by atoms with Crippen molar-refractivity contribution >= 4 is 21.4 Å². The van der Waals surface area contributed by atoms with Gasteiger partial charge in [-0.1, -0.05) is 12.1 Å². The molecule has 3 nitrogen and oxygen atoms in total. The van der Waals surface area contributed by atoms with Crippen molar-refractivity contribution in [1.82, 2.24) is 0 Å². The quantitative estimate of drug-likeness (QED) is 0.796. The van der Waals surface area contributed by atoms with Crippen molar-refractivity contribution in [3.05, 3.63) is 29.8 Å². The molecule has 0 fully saturated rings. The Kier molecular flexibility index (Phi) is 4.57. The first-order valence-electron chi connectivity index (χ1n) is 4.68. The number of benzene rings is 1. The topological polar surface area (TPSA) is 60.2 Å². The van der Waals surface area contributed by atoms with Crippen LogP contribution in [0.2, 0.25) is 0 Å². The van der Waals surface area contributed by atoms with Crippen LogP contribution in [0, 0.1) is 0 Å². The molecule has 2 N–H and O–H groups in total. The second-order valence-corrected chi connectivity index (χ2v) is 5.68. The van der Waals surface area contributed by atoms with E-state index < -0.39 is 9.84 Å². The van der Waals surface area contributed by atoms with Gasteiger partial charge in [0.05, 0.1) is 10.6 Å². The van der Waals surface area contributed by atoms with Crippen molar-refractivity contribution in [1.29, 1.82) is 0 Å². The van der Waals surface area contributed by atoms with Crippen LogP contribution in [0.1, 0.15) is 5.56 Å². The molecule has 84 valence electrons. The molecular formula is C10H14ClNO2S. The van der Waals surface area contributed by atoms with E-state index in [9.17, 15) is 8.42 Å². The number of hydrogen-bond donors (Lipinski definition) is 1. The second kappa shape index (κ2) is 5.49. The largest absolute Gasteiger partial charge is 0.330 e. The third-order valence-corrected chi connectivity index (χ3v) is 4.16. The minimum absolute atomic E-state index is 0.0271. The normalized spacial score (nSPS) is 11.6. The van der Waals surface area contributed by atoms with E-state index in [-0.39, 0.29) is 11.6 Å². The van der Waals surface area contributed by atoms with E-state index >= 15 is 0 Å². The highest BCUT2D eigenvalue weighted by atomic mass is 35.5. The molecule has 15 heavy (non-hydrogen) atoms. The monoisotopic (exact) mass is 247 g/mol. The van der Waals surface area contributed by atoms with E-state index in [1.165, 1.54) is 0 Å². The van der Waals surface area contributed by atoms with Gasteiger partial charge < -0.3 is 5.73 Å². The summed E-state index contributed by atoms with van der Waals surface area (Å²) in [6.07, 6.45) is 0.685. The predicted molar refractivity (Wildman–Crippen MR) is 62.0 cm³/mol. The molecular weight excluding hydrogens is 234 g/mol. The van der Waals surface area contributed by atoms with Crippen molar-refractivity contribution in [3.63, 3.8) is 0 Å². The molecule has 0 saturated heterocycles. The Bertz CT molecular complexity index is 417. The number of alkyl halides is 1. The SMILES string of the molecule is NCCc1cccc(S(=O)(=O)CCCl)c1. The summed E-state index contributed by atoms with van der Waals surface area (Å²) in [6, 6.07) is 6.84. The zero-order valence-electron chi connectivity index (χ0n) is 8.32. The lowest BCUT2D eigenvalue weighted by molar-refractivity contribution is 0.597. The smallest absolute Gasteiger partial charge is 0.179 e. The maximum Gasteiger partial charge on any atom is 0.179 e. The minimum atomic E-state index is -3.22. The fraction of sp³-hybridized carbons (Fsp3) is 0.400. The highest BCUT2D eigenvalue weighted by Gasteiger charge is 2.13. The Morgan fingerprint density at radius 1 is 1.33 bits per heavy atom. The van der Waals surface area contributed by atoms with Crippen molar-refractivity contribution in [2.24, 2.45) is 5.73 Å². The number of halogens is 1. The summed E-state index contributed by atoms with van der Waals surface area (Å²) in [4.78, 5) is 0.328. The minimum Gasteiger partial charge on any atom is -0.330 e. The highest BCUT2D eigenvalue weighted by molar-refractivity contribution is 7.91. The zero-order valence-corrected chi connectivity index (χ0v) is 9.89. The molecule has 0 aromatic heterocycles. The third kappa shape index (κ3) is 3.48. The van der Waals surface area contributed by atoms with Crippen LogP contribution in [0.15, 0.2) is 29.2 Å². The Labute approximate surface area is 95.2 Å². The van der Waals surface area contributed by atoms with Gasteiger partial charge in [-0.15, -0.1) is 11.6 Å². The molecule has 0 bridgehead atoms. The van der Waals surface area contributed by atoms with Gasteiger partial charge in [0.2, 0.25) is 0 Å². The number of sulfone groups is 1. The molecule has 0 unspecified atom stereocenters. The predicted octanol–water partition coefficient (Wildman–Crippen LogP) is 1.20. The van der Waals surface area contributed by atoms with Crippen LogP contribution in [0.3, 0.4) is 0 Å². The van der Waals surface area contributed by atoms with Gasteiger partial charge in [-0.3, -0.25) is 0 Å². The summed E-state index contributed by atoms with van der Waals surface area (Å²) < 4.78 is 23.3. The van der Waals surface area contributed by atoms with Gasteiger partial charge in [0, 0.05) is 5.88 Å². The summed E-state index contributed by atoms with van der Waals surface area (Å²) in [5.41, 5.74) is 6.35. The lowest BCUT2D eigenvalue weighted by Crippen LogP contribution is -2.09. The lowest BCUT2D eigenvalue weighted by atomic mass is 10.2. The number of hydrogen-bond acceptors (Lipinski definition) is 3. The highest BCUT2D eigenvalue weighted by Crippen LogP contribution is 2.13. The van der Waals surface area contributed by atoms with E-state index in [2.05, 4.69) is 0 Å². The van der Waals surface area contributed by atoms with Crippen molar-refractivity contribution in [2.45, 2.75) is 11.3 Å². The first-order valence-corrected chi connectivity index (χ1v) is 6.86. The van der Waals surface area contributed by atoms with E-state index in [1.54, 1.807) is 18.2 Å². The molecule has 0 atom stereocenters. The van der Waals surface area contributed by atoms with Crippen LogP contribution in [0.5, 0.6) is 0 Å². The summed E-state index contributed by atoms with van der Waals surface area (Å²) in [5, 5.41) is 0. The first kappa shape index (κ1) is 12.5. The third-order valence-electron chi connectivity index (χ3n) is 2.04. The number of nitrogens with two attached hydrogens (primary N) is 1. The average Bonchev–Trinajstić information content (AvgIpc) is 2.19. The maximum atomic E-state index is 11.7. The van der Waals surface area contributed by atoms with Gasteiger partial charge in [-0.05, 0) is 30.7 Å². The number of rotatable bonds is 5. The van der Waals surface area contributed by atoms with Gasteiger partial charge in [-0.25, -0.2) is 8.42 Å². The van der Waals surface area contributed by atoms with Crippen LogP contribution in [-0.4, -0.2) is 26.6 Å². The van der Waals surface area contributed by atoms with Crippen LogP contribution in [0.25, 0.3) is 0 Å². The molecule has 1 rings (SSSR count). The molecule has 0 aliphatic heterocycles. The molecule has 0 amide bonds. The van der Waals surface area contributed by atoms with Crippen LogP contribution < -0.4 is 5.73 Å². The molecule has 0 heterocycles. The Balaban J connectivity index is 2.99. The fourth-order valence-corrected chi connectivity index (χ4v) is 2.95. The Hall–Kier alpha value is -0.580. The molecule has 0 aliphatic rings. The molecule has 0 aliphatic carbocycles. The van der Waals surface area contributed by atoms with Gasteiger partial charge in [0.15, 0.2) is 9.84 Å². The standard InChI is InChI=1S/C10H14ClNO2S/c11-5-7-15(13,14)10-3-1-2-9(8-10)4-6-12/h1-3,8H,4-7,12H2. The molecule has 1 aromatic carbocycles. The van der Waals surface area contributed by atoms with E-state index in [0.29, 0.717) is 17.9 Å². The maximum absolute atomic E-state index is 11.7. The summed E-state index contributed by atoms with van der Waals surface area (Å²) in [5.74, 6) is 0.0874. The van der Waals surface area contributed by atoms with E-state index in [0.717, 1.165) is 5.56 Å². The van der Waals surface area contributed by atoms with Crippen LogP contribution in [0.4, 0.5) is 0 Å². The van der Waals surface area contributed by atoms with Crippen LogP contribution >= 0.6 is 11.6 Å². The summed E-state index contributed by atoms with van der Waals surface area (Å²) >= 11 is 5.44. The van der Waals surface area contributed by atoms with E-state index in [4.69, 9.17) is 17.3 Å². The van der Waals surface area contributed by atoms with Crippen molar-refractivity contribution in [2.75, 3.05) is 18.2 Å². The molecule has 5 heteroatoms. The molecule has 0 spiro atoms. The van der Waals surface area contributed by atoms with Gasteiger partial charge in [0.1, 0.15) is 0 Å². The van der Waals surface area contributed by atoms with E-state index in [1.807, 2.05) is 6.07 Å². The molecule has 1 aromatic rings. The Morgan fingerprint density at radius 3 is 2.67 bits per heavy atom.